The highest BCUT2D eigenvalue weighted by Gasteiger charge is 2.14. The molecular weight excluding hydrogens is 368 g/mol. The zero-order valence-corrected chi connectivity index (χ0v) is 15.2. The standard InChI is InChI=1S/C18H16N4O4S/c1-23-13-5-2-11(3-6-13)17-21-16(26-22-17)9-19-18(27)20-12-4-7-14-15(8-12)25-10-24-14/h2-8H,9-10H2,1H3,(H2,19,20,27). The van der Waals surface area contributed by atoms with Gasteiger partial charge in [0.15, 0.2) is 16.6 Å². The highest BCUT2D eigenvalue weighted by atomic mass is 32.1. The van der Waals surface area contributed by atoms with E-state index in [1.807, 2.05) is 42.5 Å². The van der Waals surface area contributed by atoms with Crippen LogP contribution < -0.4 is 24.8 Å². The first-order valence-electron chi connectivity index (χ1n) is 8.13. The molecule has 0 bridgehead atoms. The van der Waals surface area contributed by atoms with Crippen molar-refractivity contribution in [2.45, 2.75) is 6.54 Å². The van der Waals surface area contributed by atoms with Crippen molar-refractivity contribution in [1.29, 1.82) is 0 Å². The topological polar surface area (TPSA) is 90.7 Å². The third kappa shape index (κ3) is 3.93. The number of aromatic nitrogens is 2. The Labute approximate surface area is 160 Å². The van der Waals surface area contributed by atoms with Crippen LogP contribution in [0.1, 0.15) is 5.89 Å². The van der Waals surface area contributed by atoms with E-state index >= 15 is 0 Å². The Hall–Kier alpha value is -3.33. The Morgan fingerprint density at radius 2 is 1.96 bits per heavy atom. The summed E-state index contributed by atoms with van der Waals surface area (Å²) in [6, 6.07) is 12.9. The first-order chi connectivity index (χ1) is 13.2. The Bertz CT molecular complexity index is 958. The number of methoxy groups -OCH3 is 1. The maximum atomic E-state index is 5.34. The van der Waals surface area contributed by atoms with Gasteiger partial charge in [-0.05, 0) is 48.6 Å². The number of thiocarbonyl (C=S) groups is 1. The quantitative estimate of drug-likeness (QED) is 0.644. The molecule has 9 heteroatoms. The fourth-order valence-electron chi connectivity index (χ4n) is 2.49. The summed E-state index contributed by atoms with van der Waals surface area (Å²) in [5, 5.41) is 10.5. The molecule has 0 radical (unpaired) electrons. The second-order valence-electron chi connectivity index (χ2n) is 5.62. The minimum absolute atomic E-state index is 0.231. The first kappa shape index (κ1) is 17.1. The Morgan fingerprint density at radius 1 is 1.15 bits per heavy atom. The summed E-state index contributed by atoms with van der Waals surface area (Å²) in [5.41, 5.74) is 1.63. The van der Waals surface area contributed by atoms with Crippen molar-refractivity contribution in [2.24, 2.45) is 0 Å². The lowest BCUT2D eigenvalue weighted by molar-refractivity contribution is 0.174. The number of anilines is 1. The number of rotatable bonds is 5. The van der Waals surface area contributed by atoms with Crippen LogP contribution in [0.3, 0.4) is 0 Å². The Kier molecular flexibility index (Phi) is 4.75. The van der Waals surface area contributed by atoms with Crippen molar-refractivity contribution in [2.75, 3.05) is 19.2 Å². The number of hydrogen-bond donors (Lipinski definition) is 2. The van der Waals surface area contributed by atoms with Crippen LogP contribution in [0.2, 0.25) is 0 Å². The first-order valence-corrected chi connectivity index (χ1v) is 8.53. The summed E-state index contributed by atoms with van der Waals surface area (Å²) in [7, 11) is 1.62. The highest BCUT2D eigenvalue weighted by molar-refractivity contribution is 7.80. The predicted molar refractivity (Wildman–Crippen MR) is 102 cm³/mol. The average molecular weight is 384 g/mol. The summed E-state index contributed by atoms with van der Waals surface area (Å²) in [6.07, 6.45) is 0. The molecule has 2 N–H and O–H groups in total. The summed E-state index contributed by atoms with van der Waals surface area (Å²) in [6.45, 7) is 0.536. The van der Waals surface area contributed by atoms with Gasteiger partial charge in [-0.25, -0.2) is 0 Å². The van der Waals surface area contributed by atoms with E-state index < -0.39 is 0 Å². The van der Waals surface area contributed by atoms with Gasteiger partial charge in [-0.2, -0.15) is 4.98 Å². The Balaban J connectivity index is 1.33. The molecule has 0 fully saturated rings. The van der Waals surface area contributed by atoms with E-state index in [9.17, 15) is 0 Å². The number of fused-ring (bicyclic) bond motifs is 1. The molecule has 3 aromatic rings. The van der Waals surface area contributed by atoms with Crippen LogP contribution in [0, 0.1) is 0 Å². The van der Waals surface area contributed by atoms with Crippen molar-refractivity contribution in [3.05, 3.63) is 48.4 Å². The number of ether oxygens (including phenoxy) is 3. The van der Waals surface area contributed by atoms with E-state index in [0.29, 0.717) is 29.1 Å². The SMILES string of the molecule is COc1ccc(-c2noc(CNC(=S)Nc3ccc4c(c3)OCO4)n2)cc1. The highest BCUT2D eigenvalue weighted by Crippen LogP contribution is 2.34. The number of nitrogens with zero attached hydrogens (tertiary/aromatic N) is 2. The van der Waals surface area contributed by atoms with Gasteiger partial charge in [0, 0.05) is 17.3 Å². The van der Waals surface area contributed by atoms with Gasteiger partial charge in [0.25, 0.3) is 0 Å². The van der Waals surface area contributed by atoms with Crippen molar-refractivity contribution in [1.82, 2.24) is 15.5 Å². The number of benzene rings is 2. The summed E-state index contributed by atoms with van der Waals surface area (Å²) in [4.78, 5) is 4.36. The van der Waals surface area contributed by atoms with E-state index in [2.05, 4.69) is 20.8 Å². The maximum absolute atomic E-state index is 5.34. The van der Waals surface area contributed by atoms with Crippen LogP contribution in [-0.2, 0) is 6.54 Å². The molecule has 2 aromatic carbocycles. The van der Waals surface area contributed by atoms with Crippen molar-refractivity contribution >= 4 is 23.0 Å². The Morgan fingerprint density at radius 3 is 2.78 bits per heavy atom. The normalized spacial score (nSPS) is 11.9. The molecule has 27 heavy (non-hydrogen) atoms. The average Bonchev–Trinajstić information content (AvgIpc) is 3.35. The lowest BCUT2D eigenvalue weighted by Gasteiger charge is -2.09. The summed E-state index contributed by atoms with van der Waals surface area (Å²) >= 11 is 5.29. The molecule has 8 nitrogen and oxygen atoms in total. The van der Waals surface area contributed by atoms with Gasteiger partial charge in [-0.3, -0.25) is 0 Å². The van der Waals surface area contributed by atoms with Crippen LogP contribution in [0.4, 0.5) is 5.69 Å². The maximum Gasteiger partial charge on any atom is 0.246 e. The van der Waals surface area contributed by atoms with E-state index in [1.54, 1.807) is 7.11 Å². The molecule has 0 unspecified atom stereocenters. The molecule has 138 valence electrons. The van der Waals surface area contributed by atoms with Gasteiger partial charge in [0.05, 0.1) is 13.7 Å². The molecule has 0 amide bonds. The van der Waals surface area contributed by atoms with Gasteiger partial charge in [-0.1, -0.05) is 5.16 Å². The van der Waals surface area contributed by atoms with E-state index in [4.69, 9.17) is 31.0 Å². The molecule has 2 heterocycles. The molecule has 1 aliphatic heterocycles. The van der Waals surface area contributed by atoms with Gasteiger partial charge >= 0.3 is 0 Å². The lowest BCUT2D eigenvalue weighted by atomic mass is 10.2. The molecule has 4 rings (SSSR count). The molecule has 1 aromatic heterocycles. The number of nitrogens with one attached hydrogen (secondary N) is 2. The minimum Gasteiger partial charge on any atom is -0.497 e. The fraction of sp³-hybridized carbons (Fsp3) is 0.167. The van der Waals surface area contributed by atoms with Gasteiger partial charge in [0.1, 0.15) is 5.75 Å². The third-order valence-corrected chi connectivity index (χ3v) is 4.09. The molecule has 0 spiro atoms. The van der Waals surface area contributed by atoms with Gasteiger partial charge in [0.2, 0.25) is 18.5 Å². The predicted octanol–water partition coefficient (Wildman–Crippen LogP) is 2.96. The summed E-state index contributed by atoms with van der Waals surface area (Å²) < 4.78 is 21.0. The van der Waals surface area contributed by atoms with Crippen LogP contribution in [0.15, 0.2) is 47.0 Å². The van der Waals surface area contributed by atoms with Crippen molar-refractivity contribution in [3.8, 4) is 28.6 Å². The minimum atomic E-state index is 0.231. The molecular formula is C18H16N4O4S. The molecule has 0 aliphatic carbocycles. The molecule has 1 aliphatic rings. The zero-order valence-electron chi connectivity index (χ0n) is 14.4. The van der Waals surface area contributed by atoms with Gasteiger partial charge in [-0.15, -0.1) is 0 Å². The molecule has 0 saturated carbocycles. The fourth-order valence-corrected chi connectivity index (χ4v) is 2.68. The van der Waals surface area contributed by atoms with Crippen molar-refractivity contribution < 1.29 is 18.7 Å². The van der Waals surface area contributed by atoms with Gasteiger partial charge < -0.3 is 29.4 Å². The largest absolute Gasteiger partial charge is 0.497 e. The molecule has 0 atom stereocenters. The van der Waals surface area contributed by atoms with Crippen molar-refractivity contribution in [3.63, 3.8) is 0 Å². The monoisotopic (exact) mass is 384 g/mol. The molecule has 0 saturated heterocycles. The number of hydrogen-bond acceptors (Lipinski definition) is 7. The smallest absolute Gasteiger partial charge is 0.246 e. The second-order valence-corrected chi connectivity index (χ2v) is 6.02. The van der Waals surface area contributed by atoms with Crippen LogP contribution in [0.25, 0.3) is 11.4 Å². The third-order valence-electron chi connectivity index (χ3n) is 3.85. The second kappa shape index (κ2) is 7.50. The lowest BCUT2D eigenvalue weighted by Crippen LogP contribution is -2.27. The van der Waals surface area contributed by atoms with E-state index in [0.717, 1.165) is 22.7 Å². The summed E-state index contributed by atoms with van der Waals surface area (Å²) in [5.74, 6) is 3.10. The van der Waals surface area contributed by atoms with Crippen LogP contribution in [-0.4, -0.2) is 29.2 Å². The zero-order chi connectivity index (χ0) is 18.6. The van der Waals surface area contributed by atoms with Crippen LogP contribution >= 0.6 is 12.2 Å². The van der Waals surface area contributed by atoms with E-state index in [-0.39, 0.29) is 6.79 Å². The van der Waals surface area contributed by atoms with E-state index in [1.165, 1.54) is 0 Å². The van der Waals surface area contributed by atoms with Crippen LogP contribution in [0.5, 0.6) is 17.2 Å².